The molecule has 0 aliphatic carbocycles. The zero-order valence-corrected chi connectivity index (χ0v) is 35.5. The first-order chi connectivity index (χ1) is 31.3. The van der Waals surface area contributed by atoms with E-state index in [2.05, 4.69) is 20.9 Å². The first-order valence-corrected chi connectivity index (χ1v) is 20.2. The number of terminal acetylenes is 1. The number of rotatable bonds is 10. The molecule has 1 aromatic heterocycles. The molecule has 2 aliphatic heterocycles. The van der Waals surface area contributed by atoms with Crippen LogP contribution in [0.5, 0.6) is 17.2 Å². The molecule has 0 saturated carbocycles. The van der Waals surface area contributed by atoms with Crippen LogP contribution in [0.3, 0.4) is 0 Å². The van der Waals surface area contributed by atoms with Crippen LogP contribution in [-0.4, -0.2) is 118 Å². The summed E-state index contributed by atoms with van der Waals surface area (Å²) in [6.45, 7) is 5.16. The average molecular weight is 865 g/mol. The number of aromatic amines is 1. The van der Waals surface area contributed by atoms with Crippen LogP contribution >= 0.6 is 0 Å². The molecule has 3 heterocycles. The molecule has 6 aromatic rings. The number of carbonyl (C=O) groups excluding carboxylic acids is 5. The number of para-hydroxylation sites is 2. The molecule has 2 saturated heterocycles. The van der Waals surface area contributed by atoms with Gasteiger partial charge < -0.3 is 33.5 Å². The van der Waals surface area contributed by atoms with E-state index >= 15 is 0 Å². The third-order valence-corrected chi connectivity index (χ3v) is 9.69. The Morgan fingerprint density at radius 2 is 1.20 bits per heavy atom. The lowest BCUT2D eigenvalue weighted by Gasteiger charge is -2.26. The molecule has 328 valence electrons. The molecule has 2 aliphatic rings. The number of carbonyl (C=O) groups is 5. The fraction of sp³-hybridized carbons (Fsp3) is 0.200. The van der Waals surface area contributed by atoms with E-state index in [1.54, 1.807) is 61.6 Å². The Hall–Kier alpha value is -7.86. The van der Waals surface area contributed by atoms with Gasteiger partial charge in [0.1, 0.15) is 29.8 Å². The molecule has 0 spiro atoms. The number of ether oxygens (including phenoxy) is 5. The number of H-pyrrole nitrogens is 1. The molecule has 0 atom stereocenters. The van der Waals surface area contributed by atoms with Gasteiger partial charge in [0, 0.05) is 59.6 Å². The maximum absolute atomic E-state index is 12.7. The number of benzene rings is 5. The molecule has 5 aromatic carbocycles. The first kappa shape index (κ1) is 47.2. The molecule has 14 heteroatoms. The predicted octanol–water partition coefficient (Wildman–Crippen LogP) is 6.91. The molecule has 0 bridgehead atoms. The van der Waals surface area contributed by atoms with Crippen LogP contribution in [0.4, 0.5) is 0 Å². The van der Waals surface area contributed by atoms with Crippen LogP contribution in [0, 0.1) is 12.3 Å². The largest absolute Gasteiger partial charge is 0.496 e. The van der Waals surface area contributed by atoms with Gasteiger partial charge in [0.2, 0.25) is 0 Å². The van der Waals surface area contributed by atoms with Gasteiger partial charge in [-0.2, -0.15) is 5.10 Å². The summed E-state index contributed by atoms with van der Waals surface area (Å²) in [6, 6.07) is 37.9. The standard InChI is InChI=1S/C21H21N3O3.C12H13NO3.C9H8O.C8H6O3/c1-26-20-8-3-2-7-17(20)19-14-18(22-23-19)15-5-4-6-16(13-15)21(25)24-9-11-27-12-10-24;14-9-10-2-1-3-11(8-10)12(15)13-4-6-16-7-5-13;1-3-8-6-4-5-7-9(8)10-2;9-5-7-2-1-3-8(4-7)11-6-10/h2-8,13-14H,9-12H2,1H3,(H,22,23);1-3,8-9H,4-7H2;1,4-7H,2H3;1-6H. The highest BCUT2D eigenvalue weighted by atomic mass is 16.5. The summed E-state index contributed by atoms with van der Waals surface area (Å²) in [5.41, 5.74) is 6.53. The van der Waals surface area contributed by atoms with Crippen molar-refractivity contribution < 1.29 is 47.7 Å². The van der Waals surface area contributed by atoms with Crippen LogP contribution < -0.4 is 14.2 Å². The van der Waals surface area contributed by atoms with E-state index in [1.807, 2.05) is 83.8 Å². The van der Waals surface area contributed by atoms with Crippen molar-refractivity contribution >= 4 is 30.9 Å². The topological polar surface area (TPSA) is 167 Å². The molecule has 0 unspecified atom stereocenters. The van der Waals surface area contributed by atoms with Crippen LogP contribution in [0.15, 0.2) is 127 Å². The smallest absolute Gasteiger partial charge is 0.298 e. The normalized spacial score (nSPS) is 12.8. The minimum atomic E-state index is -0.0352. The Balaban J connectivity index is 0.000000177. The lowest BCUT2D eigenvalue weighted by atomic mass is 10.1. The van der Waals surface area contributed by atoms with Crippen LogP contribution in [0.25, 0.3) is 22.5 Å². The Morgan fingerprint density at radius 1 is 0.656 bits per heavy atom. The van der Waals surface area contributed by atoms with Gasteiger partial charge in [-0.15, -0.1) is 6.42 Å². The van der Waals surface area contributed by atoms with Gasteiger partial charge in [-0.1, -0.05) is 66.6 Å². The number of hydrogen-bond acceptors (Lipinski definition) is 11. The highest BCUT2D eigenvalue weighted by Crippen LogP contribution is 2.31. The molecule has 14 nitrogen and oxygen atoms in total. The molecule has 8 rings (SSSR count). The number of amides is 2. The number of aldehydes is 2. The highest BCUT2D eigenvalue weighted by Gasteiger charge is 2.20. The Bertz CT molecular complexity index is 2520. The van der Waals surface area contributed by atoms with E-state index in [9.17, 15) is 24.0 Å². The van der Waals surface area contributed by atoms with Crippen molar-refractivity contribution in [2.75, 3.05) is 66.8 Å². The summed E-state index contributed by atoms with van der Waals surface area (Å²) in [4.78, 5) is 59.0. The highest BCUT2D eigenvalue weighted by molar-refractivity contribution is 5.96. The van der Waals surface area contributed by atoms with Gasteiger partial charge in [-0.3, -0.25) is 29.1 Å². The molecule has 64 heavy (non-hydrogen) atoms. The molecule has 1 N–H and O–H groups in total. The number of nitrogens with one attached hydrogen (secondary N) is 1. The molecular formula is C50H48N4O10. The van der Waals surface area contributed by atoms with Crippen LogP contribution in [0.1, 0.15) is 47.0 Å². The summed E-state index contributed by atoms with van der Waals surface area (Å²) in [6.07, 6.45) is 6.63. The predicted molar refractivity (Wildman–Crippen MR) is 241 cm³/mol. The summed E-state index contributed by atoms with van der Waals surface area (Å²) >= 11 is 0. The van der Waals surface area contributed by atoms with Crippen molar-refractivity contribution in [3.05, 3.63) is 155 Å². The summed E-state index contributed by atoms with van der Waals surface area (Å²) in [5, 5.41) is 7.49. The summed E-state index contributed by atoms with van der Waals surface area (Å²) in [7, 11) is 3.26. The van der Waals surface area contributed by atoms with Crippen molar-refractivity contribution in [2.45, 2.75) is 0 Å². The lowest BCUT2D eigenvalue weighted by Crippen LogP contribution is -2.40. The van der Waals surface area contributed by atoms with Crippen LogP contribution in [-0.2, 0) is 14.3 Å². The van der Waals surface area contributed by atoms with E-state index in [1.165, 1.54) is 6.07 Å². The van der Waals surface area contributed by atoms with Gasteiger partial charge in [0.05, 0.1) is 57.6 Å². The SMILES string of the molecule is C#Cc1ccccc1OC.COc1ccccc1-c1cc(-c2cccc(C(=O)N3CCOCC3)c2)n[nH]1.O=COc1cccc(C=O)c1.O=Cc1cccc(C(=O)N2CCOCC2)c1. The lowest BCUT2D eigenvalue weighted by molar-refractivity contribution is -0.120. The van der Waals surface area contributed by atoms with E-state index in [4.69, 9.17) is 25.4 Å². The first-order valence-electron chi connectivity index (χ1n) is 20.2. The van der Waals surface area contributed by atoms with Gasteiger partial charge in [-0.25, -0.2) is 0 Å². The van der Waals surface area contributed by atoms with Gasteiger partial charge >= 0.3 is 0 Å². The summed E-state index contributed by atoms with van der Waals surface area (Å²) in [5.74, 6) is 4.43. The van der Waals surface area contributed by atoms with Crippen molar-refractivity contribution in [1.29, 1.82) is 0 Å². The van der Waals surface area contributed by atoms with Crippen molar-refractivity contribution in [3.63, 3.8) is 0 Å². The third kappa shape index (κ3) is 13.6. The summed E-state index contributed by atoms with van der Waals surface area (Å²) < 4.78 is 25.4. The zero-order valence-electron chi connectivity index (χ0n) is 35.5. The third-order valence-electron chi connectivity index (χ3n) is 9.69. The van der Waals surface area contributed by atoms with Gasteiger partial charge in [0.15, 0.2) is 0 Å². The molecular weight excluding hydrogens is 817 g/mol. The zero-order chi connectivity index (χ0) is 45.5. The second kappa shape index (κ2) is 25.2. The second-order valence-electron chi connectivity index (χ2n) is 13.7. The Labute approximate surface area is 371 Å². The Kier molecular flexibility index (Phi) is 18.6. The van der Waals surface area contributed by atoms with E-state index in [-0.39, 0.29) is 11.8 Å². The van der Waals surface area contributed by atoms with Crippen molar-refractivity contribution in [2.24, 2.45) is 0 Å². The van der Waals surface area contributed by atoms with Crippen LogP contribution in [0.2, 0.25) is 0 Å². The maximum Gasteiger partial charge on any atom is 0.298 e. The van der Waals surface area contributed by atoms with Crippen molar-refractivity contribution in [3.8, 4) is 52.1 Å². The number of nitrogens with zero attached hydrogens (tertiary/aromatic N) is 3. The van der Waals surface area contributed by atoms with Crippen molar-refractivity contribution in [1.82, 2.24) is 20.0 Å². The number of hydrogen-bond donors (Lipinski definition) is 1. The molecule has 2 fully saturated rings. The van der Waals surface area contributed by atoms with E-state index in [0.29, 0.717) is 93.4 Å². The number of methoxy groups -OCH3 is 2. The van der Waals surface area contributed by atoms with Gasteiger partial charge in [-0.05, 0) is 66.7 Å². The van der Waals surface area contributed by atoms with E-state index < -0.39 is 0 Å². The fourth-order valence-electron chi connectivity index (χ4n) is 6.41. The molecule has 0 radical (unpaired) electrons. The minimum Gasteiger partial charge on any atom is -0.496 e. The minimum absolute atomic E-state index is 0.0284. The van der Waals surface area contributed by atoms with Gasteiger partial charge in [0.25, 0.3) is 18.3 Å². The number of morpholine rings is 2. The Morgan fingerprint density at radius 3 is 1.78 bits per heavy atom. The quantitative estimate of drug-likeness (QED) is 0.112. The average Bonchev–Trinajstić information content (AvgIpc) is 3.88. The fourth-order valence-corrected chi connectivity index (χ4v) is 6.41. The monoisotopic (exact) mass is 864 g/mol. The number of aromatic nitrogens is 2. The van der Waals surface area contributed by atoms with E-state index in [0.717, 1.165) is 45.9 Å². The molecule has 2 amide bonds. The second-order valence-corrected chi connectivity index (χ2v) is 13.7. The maximum atomic E-state index is 12.7.